The van der Waals surface area contributed by atoms with Crippen LogP contribution in [0.15, 0.2) is 15.8 Å². The van der Waals surface area contributed by atoms with Gasteiger partial charge in [-0.1, -0.05) is 29.8 Å². The Balaban J connectivity index is 3.11. The second-order valence-corrected chi connectivity index (χ2v) is 8.32. The minimum atomic E-state index is -1.24. The molecule has 0 aliphatic carbocycles. The van der Waals surface area contributed by atoms with Crippen molar-refractivity contribution in [2.75, 3.05) is 0 Å². The van der Waals surface area contributed by atoms with Crippen molar-refractivity contribution in [3.63, 3.8) is 0 Å². The molecule has 1 heterocycles. The van der Waals surface area contributed by atoms with E-state index in [4.69, 9.17) is 11.6 Å². The Kier molecular flexibility index (Phi) is 5.07. The summed E-state index contributed by atoms with van der Waals surface area (Å²) < 4.78 is 16.1. The quantitative estimate of drug-likeness (QED) is 0.604. The van der Waals surface area contributed by atoms with Crippen LogP contribution in [0.5, 0.6) is 0 Å². The third-order valence-corrected chi connectivity index (χ3v) is 4.88. The van der Waals surface area contributed by atoms with E-state index < -0.39 is 11.4 Å². The molecule has 1 rings (SSSR count). The van der Waals surface area contributed by atoms with E-state index >= 15 is 0 Å². The summed E-state index contributed by atoms with van der Waals surface area (Å²) in [5.41, 5.74) is 0.832. The van der Waals surface area contributed by atoms with E-state index in [1.54, 1.807) is 11.3 Å². The van der Waals surface area contributed by atoms with Crippen molar-refractivity contribution in [2.45, 2.75) is 39.4 Å². The van der Waals surface area contributed by atoms with Crippen LogP contribution < -0.4 is 0 Å². The first-order valence-corrected chi connectivity index (χ1v) is 7.84. The lowest BCUT2D eigenvalue weighted by Crippen LogP contribution is -2.27. The molecule has 0 fully saturated rings. The van der Waals surface area contributed by atoms with Crippen molar-refractivity contribution in [3.8, 4) is 0 Å². The third-order valence-electron chi connectivity index (χ3n) is 2.10. The second kappa shape index (κ2) is 5.74. The van der Waals surface area contributed by atoms with Crippen molar-refractivity contribution >= 4 is 40.0 Å². The van der Waals surface area contributed by atoms with Gasteiger partial charge in [0.1, 0.15) is 21.8 Å². The largest absolute Gasteiger partial charge is 0.591 e. The molecule has 0 amide bonds. The molecule has 0 spiro atoms. The Morgan fingerprint density at radius 3 is 2.41 bits per heavy atom. The zero-order valence-electron chi connectivity index (χ0n) is 10.8. The fraction of sp³-hybridized carbons (Fsp3) is 0.583. The summed E-state index contributed by atoms with van der Waals surface area (Å²) >= 11 is 6.40. The molecule has 0 aliphatic heterocycles. The van der Waals surface area contributed by atoms with Gasteiger partial charge in [0.25, 0.3) is 0 Å². The van der Waals surface area contributed by atoms with Crippen molar-refractivity contribution in [1.82, 2.24) is 0 Å². The summed E-state index contributed by atoms with van der Waals surface area (Å²) in [6, 6.07) is 1.85. The molecule has 0 saturated heterocycles. The highest BCUT2D eigenvalue weighted by molar-refractivity contribution is 7.91. The summed E-state index contributed by atoms with van der Waals surface area (Å²) in [4.78, 5) is 0.930. The molecule has 0 N–H and O–H groups in total. The number of halogens is 1. The van der Waals surface area contributed by atoms with E-state index in [1.807, 2.05) is 46.1 Å². The van der Waals surface area contributed by atoms with Gasteiger partial charge >= 0.3 is 0 Å². The van der Waals surface area contributed by atoms with E-state index in [9.17, 15) is 4.55 Å². The van der Waals surface area contributed by atoms with Crippen LogP contribution in [0.4, 0.5) is 0 Å². The van der Waals surface area contributed by atoms with E-state index in [0.29, 0.717) is 5.02 Å². The summed E-state index contributed by atoms with van der Waals surface area (Å²) in [5, 5.41) is 2.61. The van der Waals surface area contributed by atoms with Crippen LogP contribution in [-0.4, -0.2) is 15.0 Å². The van der Waals surface area contributed by atoms with Gasteiger partial charge in [-0.25, -0.2) is 0 Å². The molecular weight excluding hydrogens is 274 g/mol. The van der Waals surface area contributed by atoms with Gasteiger partial charge in [0.05, 0.1) is 9.90 Å². The fourth-order valence-corrected chi connectivity index (χ4v) is 3.22. The molecule has 0 aliphatic rings. The number of hydrogen-bond donors (Lipinski definition) is 0. The van der Waals surface area contributed by atoms with Crippen molar-refractivity contribution in [1.29, 1.82) is 0 Å². The minimum absolute atomic E-state index is 0.206. The normalized spacial score (nSPS) is 15.4. The SMILES string of the molecule is CC(C)/C(=N/[S+]([O-])C(C)(C)C)c1sccc1Cl. The Morgan fingerprint density at radius 2 is 2.06 bits per heavy atom. The summed E-state index contributed by atoms with van der Waals surface area (Å²) in [6.07, 6.45) is 0. The van der Waals surface area contributed by atoms with Crippen molar-refractivity contribution in [2.24, 2.45) is 10.3 Å². The molecule has 1 unspecified atom stereocenters. The van der Waals surface area contributed by atoms with Gasteiger partial charge in [0.15, 0.2) is 0 Å². The number of rotatable bonds is 3. The molecule has 0 aromatic carbocycles. The molecule has 96 valence electrons. The lowest BCUT2D eigenvalue weighted by Gasteiger charge is -2.20. The summed E-state index contributed by atoms with van der Waals surface area (Å²) in [6.45, 7) is 9.82. The Hall–Kier alpha value is -0.0300. The van der Waals surface area contributed by atoms with Gasteiger partial charge in [0.2, 0.25) is 0 Å². The maximum absolute atomic E-state index is 12.1. The van der Waals surface area contributed by atoms with E-state index in [0.717, 1.165) is 10.6 Å². The third kappa shape index (κ3) is 3.98. The maximum atomic E-state index is 12.1. The molecule has 0 radical (unpaired) electrons. The number of nitrogens with zero attached hydrogens (tertiary/aromatic N) is 1. The highest BCUT2D eigenvalue weighted by atomic mass is 35.5. The molecular formula is C12H18ClNOS2. The average molecular weight is 292 g/mol. The highest BCUT2D eigenvalue weighted by Gasteiger charge is 2.28. The lowest BCUT2D eigenvalue weighted by molar-refractivity contribution is 0.561. The summed E-state index contributed by atoms with van der Waals surface area (Å²) in [7, 11) is 0. The average Bonchev–Trinajstić information content (AvgIpc) is 2.58. The van der Waals surface area contributed by atoms with Gasteiger partial charge < -0.3 is 4.55 Å². The lowest BCUT2D eigenvalue weighted by atomic mass is 10.1. The van der Waals surface area contributed by atoms with Gasteiger partial charge in [-0.3, -0.25) is 0 Å². The van der Waals surface area contributed by atoms with Crippen LogP contribution >= 0.6 is 22.9 Å². The standard InChI is InChI=1S/C12H18ClNOS2/c1-8(2)10(11-9(13)6-7-16-11)14-17(15)12(3,4)5/h6-8H,1-5H3/b14-10-. The smallest absolute Gasteiger partial charge is 0.144 e. The molecule has 2 nitrogen and oxygen atoms in total. The molecule has 1 atom stereocenters. The van der Waals surface area contributed by atoms with Crippen LogP contribution in [0.1, 0.15) is 39.5 Å². The molecule has 17 heavy (non-hydrogen) atoms. The van der Waals surface area contributed by atoms with Crippen LogP contribution in [-0.2, 0) is 11.4 Å². The van der Waals surface area contributed by atoms with E-state index in [1.165, 1.54) is 0 Å². The highest BCUT2D eigenvalue weighted by Crippen LogP contribution is 2.28. The minimum Gasteiger partial charge on any atom is -0.591 e. The topological polar surface area (TPSA) is 35.4 Å². The first-order valence-electron chi connectivity index (χ1n) is 5.47. The summed E-state index contributed by atoms with van der Waals surface area (Å²) in [5.74, 6) is 0.206. The first kappa shape index (κ1) is 15.0. The Bertz CT molecular complexity index is 407. The van der Waals surface area contributed by atoms with Crippen LogP contribution in [0.2, 0.25) is 5.02 Å². The Morgan fingerprint density at radius 1 is 1.47 bits per heavy atom. The fourth-order valence-electron chi connectivity index (χ4n) is 1.11. The number of hydrogen-bond acceptors (Lipinski definition) is 3. The van der Waals surface area contributed by atoms with Gasteiger partial charge in [0, 0.05) is 5.92 Å². The van der Waals surface area contributed by atoms with Crippen LogP contribution in [0.3, 0.4) is 0 Å². The zero-order chi connectivity index (χ0) is 13.2. The van der Waals surface area contributed by atoms with Crippen molar-refractivity contribution in [3.05, 3.63) is 21.3 Å². The van der Waals surface area contributed by atoms with Crippen molar-refractivity contribution < 1.29 is 4.55 Å². The van der Waals surface area contributed by atoms with Crippen LogP contribution in [0, 0.1) is 5.92 Å². The molecule has 1 aromatic rings. The zero-order valence-corrected chi connectivity index (χ0v) is 13.2. The van der Waals surface area contributed by atoms with Gasteiger partial charge in [-0.2, -0.15) is 0 Å². The predicted octanol–water partition coefficient (Wildman–Crippen LogP) is 4.31. The van der Waals surface area contributed by atoms with E-state index in [2.05, 4.69) is 4.40 Å². The van der Waals surface area contributed by atoms with Gasteiger partial charge in [-0.15, -0.1) is 11.3 Å². The molecule has 0 bridgehead atoms. The van der Waals surface area contributed by atoms with E-state index in [-0.39, 0.29) is 10.7 Å². The maximum Gasteiger partial charge on any atom is 0.144 e. The molecule has 5 heteroatoms. The molecule has 1 aromatic heterocycles. The Labute approximate surface area is 115 Å². The second-order valence-electron chi connectivity index (χ2n) is 5.09. The number of thiophene rings is 1. The monoisotopic (exact) mass is 291 g/mol. The first-order chi connectivity index (χ1) is 7.73. The predicted molar refractivity (Wildman–Crippen MR) is 78.6 cm³/mol. The van der Waals surface area contributed by atoms with Gasteiger partial charge in [-0.05, 0) is 32.2 Å². The van der Waals surface area contributed by atoms with Crippen LogP contribution in [0.25, 0.3) is 0 Å². The molecule has 0 saturated carbocycles.